The number of hydrogen-bond acceptors (Lipinski definition) is 4. The second kappa shape index (κ2) is 5.18. The van der Waals surface area contributed by atoms with E-state index in [-0.39, 0.29) is 5.91 Å². The number of fused-ring (bicyclic) bond motifs is 1. The minimum absolute atomic E-state index is 0.174. The van der Waals surface area contributed by atoms with E-state index in [9.17, 15) is 4.79 Å². The number of carbonyl (C=O) groups excluding carboxylic acids is 1. The molecule has 0 aliphatic rings. The van der Waals surface area contributed by atoms with Crippen LogP contribution in [0.15, 0.2) is 22.6 Å². The smallest absolute Gasteiger partial charge is 0.253 e. The van der Waals surface area contributed by atoms with Crippen LogP contribution in [0.5, 0.6) is 0 Å². The lowest BCUT2D eigenvalue weighted by Crippen LogP contribution is -2.27. The number of aryl methyl sites for hydroxylation is 1. The summed E-state index contributed by atoms with van der Waals surface area (Å²) in [5.74, 6) is 0.434. The molecule has 0 radical (unpaired) electrons. The van der Waals surface area contributed by atoms with Gasteiger partial charge in [-0.1, -0.05) is 0 Å². The van der Waals surface area contributed by atoms with Crippen LogP contribution in [0.4, 0.5) is 5.69 Å². The Morgan fingerprint density at radius 1 is 1.56 bits per heavy atom. The molecule has 0 saturated carbocycles. The van der Waals surface area contributed by atoms with E-state index in [0.717, 1.165) is 5.52 Å². The maximum absolute atomic E-state index is 11.8. The average molecular weight is 248 g/mol. The minimum atomic E-state index is -0.470. The lowest BCUT2D eigenvalue weighted by Gasteiger charge is -2.11. The Bertz CT molecular complexity index is 562. The van der Waals surface area contributed by atoms with E-state index in [1.54, 1.807) is 26.0 Å². The van der Waals surface area contributed by atoms with Gasteiger partial charge in [-0.25, -0.2) is 4.98 Å². The van der Waals surface area contributed by atoms with Crippen molar-refractivity contribution in [3.8, 4) is 0 Å². The van der Waals surface area contributed by atoms with Crippen LogP contribution in [0.3, 0.4) is 0 Å². The molecule has 1 aromatic heterocycles. The van der Waals surface area contributed by atoms with Gasteiger partial charge in [0.05, 0.1) is 0 Å². The summed E-state index contributed by atoms with van der Waals surface area (Å²) in [4.78, 5) is 16.0. The topological polar surface area (TPSA) is 64.4 Å². The van der Waals surface area contributed by atoms with Crippen LogP contribution < -0.4 is 5.32 Å². The Morgan fingerprint density at radius 2 is 2.33 bits per heavy atom. The van der Waals surface area contributed by atoms with E-state index in [1.807, 2.05) is 13.0 Å². The third-order valence-corrected chi connectivity index (χ3v) is 2.55. The van der Waals surface area contributed by atoms with E-state index in [1.165, 1.54) is 0 Å². The Morgan fingerprint density at radius 3 is 3.06 bits per heavy atom. The van der Waals surface area contributed by atoms with Crippen LogP contribution in [0, 0.1) is 6.92 Å². The molecular formula is C13H16N2O3. The highest BCUT2D eigenvalue weighted by molar-refractivity contribution is 5.95. The van der Waals surface area contributed by atoms with Crippen LogP contribution in [-0.2, 0) is 9.53 Å². The third kappa shape index (κ3) is 2.68. The molecule has 0 fully saturated rings. The molecule has 2 aromatic rings. The fraction of sp³-hybridized carbons (Fsp3) is 0.385. The maximum atomic E-state index is 11.8. The zero-order chi connectivity index (χ0) is 13.1. The molecule has 1 heterocycles. The normalized spacial score (nSPS) is 12.6. The van der Waals surface area contributed by atoms with Crippen molar-refractivity contribution in [2.45, 2.75) is 26.9 Å². The first-order valence-corrected chi connectivity index (χ1v) is 5.90. The molecule has 5 nitrogen and oxygen atoms in total. The lowest BCUT2D eigenvalue weighted by molar-refractivity contribution is -0.126. The van der Waals surface area contributed by atoms with Gasteiger partial charge in [-0.3, -0.25) is 4.79 Å². The Balaban J connectivity index is 2.14. The van der Waals surface area contributed by atoms with Crippen LogP contribution >= 0.6 is 0 Å². The maximum Gasteiger partial charge on any atom is 0.253 e. The predicted octanol–water partition coefficient (Wildman–Crippen LogP) is 2.50. The van der Waals surface area contributed by atoms with Crippen LogP contribution in [0.2, 0.25) is 0 Å². The van der Waals surface area contributed by atoms with E-state index >= 15 is 0 Å². The molecule has 0 saturated heterocycles. The Labute approximate surface area is 105 Å². The van der Waals surface area contributed by atoms with E-state index in [2.05, 4.69) is 10.3 Å². The Hall–Kier alpha value is -1.88. The second-order valence-electron chi connectivity index (χ2n) is 4.00. The van der Waals surface area contributed by atoms with Crippen molar-refractivity contribution in [1.29, 1.82) is 0 Å². The van der Waals surface area contributed by atoms with Gasteiger partial charge in [0.15, 0.2) is 11.5 Å². The van der Waals surface area contributed by atoms with E-state index < -0.39 is 6.10 Å². The van der Waals surface area contributed by atoms with Crippen molar-refractivity contribution in [3.05, 3.63) is 24.1 Å². The first-order valence-electron chi connectivity index (χ1n) is 5.90. The SMILES string of the molecule is CCOC(C)C(=O)Nc1ccc2nc(C)oc2c1. The van der Waals surface area contributed by atoms with Crippen molar-refractivity contribution in [3.63, 3.8) is 0 Å². The highest BCUT2D eigenvalue weighted by atomic mass is 16.5. The number of nitrogens with one attached hydrogen (secondary N) is 1. The monoisotopic (exact) mass is 248 g/mol. The molecule has 1 N–H and O–H groups in total. The molecule has 96 valence electrons. The summed E-state index contributed by atoms with van der Waals surface area (Å²) in [6.45, 7) is 5.87. The Kier molecular flexibility index (Phi) is 3.62. The third-order valence-electron chi connectivity index (χ3n) is 2.55. The molecule has 2 rings (SSSR count). The van der Waals surface area contributed by atoms with Gasteiger partial charge in [0, 0.05) is 25.3 Å². The number of nitrogens with zero attached hydrogens (tertiary/aromatic N) is 1. The molecular weight excluding hydrogens is 232 g/mol. The molecule has 1 unspecified atom stereocenters. The standard InChI is InChI=1S/C13H16N2O3/c1-4-17-8(2)13(16)15-10-5-6-11-12(7-10)18-9(3)14-11/h5-8H,4H2,1-3H3,(H,15,16). The van der Waals surface area contributed by atoms with Gasteiger partial charge in [-0.05, 0) is 26.0 Å². The number of oxazole rings is 1. The fourth-order valence-electron chi connectivity index (χ4n) is 1.69. The van der Waals surface area contributed by atoms with Gasteiger partial charge in [0.25, 0.3) is 5.91 Å². The number of aromatic nitrogens is 1. The second-order valence-corrected chi connectivity index (χ2v) is 4.00. The number of amides is 1. The molecule has 0 spiro atoms. The fourth-order valence-corrected chi connectivity index (χ4v) is 1.69. The molecule has 1 atom stereocenters. The van der Waals surface area contributed by atoms with E-state index in [4.69, 9.17) is 9.15 Å². The number of anilines is 1. The number of ether oxygens (including phenoxy) is 1. The molecule has 1 aromatic carbocycles. The summed E-state index contributed by atoms with van der Waals surface area (Å²) in [5, 5.41) is 2.78. The largest absolute Gasteiger partial charge is 0.441 e. The summed E-state index contributed by atoms with van der Waals surface area (Å²) in [7, 11) is 0. The number of carbonyl (C=O) groups is 1. The highest BCUT2D eigenvalue weighted by Crippen LogP contribution is 2.20. The average Bonchev–Trinajstić information content (AvgIpc) is 2.68. The molecule has 0 bridgehead atoms. The van der Waals surface area contributed by atoms with Gasteiger partial charge in [-0.2, -0.15) is 0 Å². The van der Waals surface area contributed by atoms with Gasteiger partial charge in [0.2, 0.25) is 0 Å². The number of hydrogen-bond donors (Lipinski definition) is 1. The number of benzene rings is 1. The summed E-state index contributed by atoms with van der Waals surface area (Å²) in [6.07, 6.45) is -0.470. The first-order chi connectivity index (χ1) is 8.60. The highest BCUT2D eigenvalue weighted by Gasteiger charge is 2.13. The van der Waals surface area contributed by atoms with Crippen molar-refractivity contribution < 1.29 is 13.9 Å². The molecule has 5 heteroatoms. The molecule has 18 heavy (non-hydrogen) atoms. The summed E-state index contributed by atoms with van der Waals surface area (Å²) in [5.41, 5.74) is 2.12. The molecule has 0 aliphatic heterocycles. The minimum Gasteiger partial charge on any atom is -0.441 e. The van der Waals surface area contributed by atoms with Crippen molar-refractivity contribution >= 4 is 22.7 Å². The van der Waals surface area contributed by atoms with Crippen molar-refractivity contribution in [2.24, 2.45) is 0 Å². The zero-order valence-electron chi connectivity index (χ0n) is 10.7. The van der Waals surface area contributed by atoms with E-state index in [0.29, 0.717) is 23.8 Å². The summed E-state index contributed by atoms with van der Waals surface area (Å²) in [6, 6.07) is 5.36. The molecule has 0 aliphatic carbocycles. The van der Waals surface area contributed by atoms with Gasteiger partial charge in [-0.15, -0.1) is 0 Å². The van der Waals surface area contributed by atoms with Crippen LogP contribution in [-0.4, -0.2) is 23.6 Å². The quantitative estimate of drug-likeness (QED) is 0.902. The van der Waals surface area contributed by atoms with Gasteiger partial charge >= 0.3 is 0 Å². The van der Waals surface area contributed by atoms with Crippen molar-refractivity contribution in [2.75, 3.05) is 11.9 Å². The molecule has 1 amide bonds. The summed E-state index contributed by atoms with van der Waals surface area (Å²) < 4.78 is 10.6. The first kappa shape index (κ1) is 12.6. The van der Waals surface area contributed by atoms with Gasteiger partial charge < -0.3 is 14.5 Å². The lowest BCUT2D eigenvalue weighted by atomic mass is 10.2. The van der Waals surface area contributed by atoms with Crippen LogP contribution in [0.1, 0.15) is 19.7 Å². The van der Waals surface area contributed by atoms with Crippen LogP contribution in [0.25, 0.3) is 11.1 Å². The zero-order valence-corrected chi connectivity index (χ0v) is 10.7. The number of rotatable bonds is 4. The van der Waals surface area contributed by atoms with Gasteiger partial charge in [0.1, 0.15) is 11.6 Å². The predicted molar refractivity (Wildman–Crippen MR) is 68.5 cm³/mol. The van der Waals surface area contributed by atoms with Crippen molar-refractivity contribution in [1.82, 2.24) is 4.98 Å². The summed E-state index contributed by atoms with van der Waals surface area (Å²) >= 11 is 0.